The summed E-state index contributed by atoms with van der Waals surface area (Å²) in [7, 11) is 1.91. The van der Waals surface area contributed by atoms with E-state index in [9.17, 15) is 0 Å². The molecule has 1 aromatic heterocycles. The lowest BCUT2D eigenvalue weighted by Crippen LogP contribution is -2.11. The SMILES string of the molecule is CN(c1ccc(C#N)cc1)c1cc(Br)ncn1. The lowest BCUT2D eigenvalue weighted by atomic mass is 10.2. The summed E-state index contributed by atoms with van der Waals surface area (Å²) in [5, 5.41) is 8.73. The molecule has 1 aromatic carbocycles. The molecule has 0 aliphatic rings. The second kappa shape index (κ2) is 4.93. The number of hydrogen-bond donors (Lipinski definition) is 0. The molecule has 0 bridgehead atoms. The van der Waals surface area contributed by atoms with Gasteiger partial charge < -0.3 is 4.90 Å². The quantitative estimate of drug-likeness (QED) is 0.798. The van der Waals surface area contributed by atoms with E-state index in [1.54, 1.807) is 12.1 Å². The van der Waals surface area contributed by atoms with Gasteiger partial charge in [0.05, 0.1) is 11.6 Å². The molecule has 0 atom stereocenters. The van der Waals surface area contributed by atoms with E-state index in [4.69, 9.17) is 5.26 Å². The molecule has 0 amide bonds. The monoisotopic (exact) mass is 288 g/mol. The molecule has 4 nitrogen and oxygen atoms in total. The van der Waals surface area contributed by atoms with Crippen LogP contribution in [-0.2, 0) is 0 Å². The zero-order valence-electron chi connectivity index (χ0n) is 9.13. The van der Waals surface area contributed by atoms with Gasteiger partial charge in [0.25, 0.3) is 0 Å². The van der Waals surface area contributed by atoms with E-state index >= 15 is 0 Å². The van der Waals surface area contributed by atoms with Gasteiger partial charge in [-0.15, -0.1) is 0 Å². The van der Waals surface area contributed by atoms with E-state index in [0.717, 1.165) is 16.1 Å². The van der Waals surface area contributed by atoms with Crippen LogP contribution in [0.2, 0.25) is 0 Å². The Morgan fingerprint density at radius 2 is 1.94 bits per heavy atom. The molecule has 0 radical (unpaired) electrons. The molecule has 0 aliphatic heterocycles. The fourth-order valence-corrected chi connectivity index (χ4v) is 1.70. The van der Waals surface area contributed by atoms with Crippen LogP contribution in [-0.4, -0.2) is 17.0 Å². The Morgan fingerprint density at radius 1 is 1.24 bits per heavy atom. The molecule has 2 rings (SSSR count). The number of benzene rings is 1. The van der Waals surface area contributed by atoms with Gasteiger partial charge in [-0.05, 0) is 40.2 Å². The summed E-state index contributed by atoms with van der Waals surface area (Å²) in [5.74, 6) is 0.789. The van der Waals surface area contributed by atoms with Crippen LogP contribution in [0.5, 0.6) is 0 Å². The molecule has 0 spiro atoms. The van der Waals surface area contributed by atoms with Crippen molar-refractivity contribution in [2.24, 2.45) is 0 Å². The highest BCUT2D eigenvalue weighted by molar-refractivity contribution is 9.10. The van der Waals surface area contributed by atoms with Gasteiger partial charge in [-0.25, -0.2) is 9.97 Å². The molecule has 0 saturated carbocycles. The topological polar surface area (TPSA) is 52.8 Å². The standard InChI is InChI=1S/C12H9BrN4/c1-17(12-6-11(13)15-8-16-12)10-4-2-9(7-14)3-5-10/h2-6,8H,1H3. The van der Waals surface area contributed by atoms with Crippen molar-refractivity contribution < 1.29 is 0 Å². The second-order valence-corrected chi connectivity index (χ2v) is 4.23. The Kier molecular flexibility index (Phi) is 3.35. The maximum absolute atomic E-state index is 8.73. The van der Waals surface area contributed by atoms with Crippen molar-refractivity contribution in [2.75, 3.05) is 11.9 Å². The first kappa shape index (κ1) is 11.6. The number of rotatable bonds is 2. The minimum atomic E-state index is 0.644. The summed E-state index contributed by atoms with van der Waals surface area (Å²) >= 11 is 3.30. The largest absolute Gasteiger partial charge is 0.329 e. The minimum Gasteiger partial charge on any atom is -0.329 e. The smallest absolute Gasteiger partial charge is 0.137 e. The third kappa shape index (κ3) is 2.60. The van der Waals surface area contributed by atoms with Crippen molar-refractivity contribution >= 4 is 27.4 Å². The second-order valence-electron chi connectivity index (χ2n) is 3.42. The average molecular weight is 289 g/mol. The van der Waals surface area contributed by atoms with Crippen LogP contribution in [0.15, 0.2) is 41.3 Å². The average Bonchev–Trinajstić information content (AvgIpc) is 2.38. The van der Waals surface area contributed by atoms with Crippen molar-refractivity contribution in [3.05, 3.63) is 46.8 Å². The lowest BCUT2D eigenvalue weighted by Gasteiger charge is -2.17. The molecule has 0 N–H and O–H groups in total. The molecule has 0 unspecified atom stereocenters. The van der Waals surface area contributed by atoms with E-state index in [1.807, 2.05) is 30.1 Å². The highest BCUT2D eigenvalue weighted by Gasteiger charge is 2.05. The number of anilines is 2. The minimum absolute atomic E-state index is 0.644. The van der Waals surface area contributed by atoms with Crippen LogP contribution in [0, 0.1) is 11.3 Å². The predicted molar refractivity (Wildman–Crippen MR) is 69.0 cm³/mol. The van der Waals surface area contributed by atoms with Crippen LogP contribution in [0.4, 0.5) is 11.5 Å². The van der Waals surface area contributed by atoms with Crippen LogP contribution >= 0.6 is 15.9 Å². The zero-order chi connectivity index (χ0) is 12.3. The molecule has 84 valence electrons. The Labute approximate surface area is 108 Å². The van der Waals surface area contributed by atoms with Gasteiger partial charge in [-0.1, -0.05) is 0 Å². The summed E-state index contributed by atoms with van der Waals surface area (Å²) in [6.45, 7) is 0. The first-order valence-corrected chi connectivity index (χ1v) is 5.71. The normalized spacial score (nSPS) is 9.71. The van der Waals surface area contributed by atoms with Gasteiger partial charge >= 0.3 is 0 Å². The fraction of sp³-hybridized carbons (Fsp3) is 0.0833. The molecular weight excluding hydrogens is 280 g/mol. The van der Waals surface area contributed by atoms with Crippen molar-refractivity contribution in [2.45, 2.75) is 0 Å². The van der Waals surface area contributed by atoms with E-state index in [0.29, 0.717) is 5.56 Å². The molecule has 5 heteroatoms. The number of hydrogen-bond acceptors (Lipinski definition) is 4. The highest BCUT2D eigenvalue weighted by atomic mass is 79.9. The van der Waals surface area contributed by atoms with E-state index in [-0.39, 0.29) is 0 Å². The summed E-state index contributed by atoms with van der Waals surface area (Å²) in [6, 6.07) is 11.2. The van der Waals surface area contributed by atoms with Gasteiger partial charge in [0.15, 0.2) is 0 Å². The number of nitriles is 1. The Bertz CT molecular complexity index is 559. The van der Waals surface area contributed by atoms with Gasteiger partial charge in [0, 0.05) is 18.8 Å². The molecule has 0 aliphatic carbocycles. The van der Waals surface area contributed by atoms with Crippen LogP contribution in [0.3, 0.4) is 0 Å². The van der Waals surface area contributed by atoms with Crippen molar-refractivity contribution in [3.63, 3.8) is 0 Å². The molecule has 17 heavy (non-hydrogen) atoms. The maximum Gasteiger partial charge on any atom is 0.137 e. The predicted octanol–water partition coefficient (Wildman–Crippen LogP) is 2.88. The van der Waals surface area contributed by atoms with Crippen molar-refractivity contribution in [1.29, 1.82) is 5.26 Å². The Hall–Kier alpha value is -1.93. The number of aromatic nitrogens is 2. The lowest BCUT2D eigenvalue weighted by molar-refractivity contribution is 1.06. The van der Waals surface area contributed by atoms with Crippen molar-refractivity contribution in [3.8, 4) is 6.07 Å². The summed E-state index contributed by atoms with van der Waals surface area (Å²) < 4.78 is 0.739. The summed E-state index contributed by atoms with van der Waals surface area (Å²) in [5.41, 5.74) is 1.61. The van der Waals surface area contributed by atoms with E-state index < -0.39 is 0 Å². The number of nitrogens with zero attached hydrogens (tertiary/aromatic N) is 4. The molecular formula is C12H9BrN4. The molecule has 0 saturated heterocycles. The summed E-state index contributed by atoms with van der Waals surface area (Å²) in [6.07, 6.45) is 1.50. The van der Waals surface area contributed by atoms with Crippen molar-refractivity contribution in [1.82, 2.24) is 9.97 Å². The van der Waals surface area contributed by atoms with Crippen LogP contribution in [0.1, 0.15) is 5.56 Å². The van der Waals surface area contributed by atoms with Gasteiger partial charge in [-0.2, -0.15) is 5.26 Å². The first-order valence-electron chi connectivity index (χ1n) is 4.92. The fourth-order valence-electron chi connectivity index (χ4n) is 1.40. The third-order valence-electron chi connectivity index (χ3n) is 2.35. The summed E-state index contributed by atoms with van der Waals surface area (Å²) in [4.78, 5) is 10.1. The zero-order valence-corrected chi connectivity index (χ0v) is 10.7. The molecule has 0 fully saturated rings. The van der Waals surface area contributed by atoms with Gasteiger partial charge in [-0.3, -0.25) is 0 Å². The van der Waals surface area contributed by atoms with Crippen LogP contribution < -0.4 is 4.90 Å². The Balaban J connectivity index is 2.30. The maximum atomic E-state index is 8.73. The van der Waals surface area contributed by atoms with E-state index in [2.05, 4.69) is 32.0 Å². The highest BCUT2D eigenvalue weighted by Crippen LogP contribution is 2.22. The Morgan fingerprint density at radius 3 is 2.53 bits per heavy atom. The van der Waals surface area contributed by atoms with E-state index in [1.165, 1.54) is 6.33 Å². The number of halogens is 1. The van der Waals surface area contributed by atoms with Gasteiger partial charge in [0.1, 0.15) is 16.7 Å². The molecule has 1 heterocycles. The van der Waals surface area contributed by atoms with Gasteiger partial charge in [0.2, 0.25) is 0 Å². The van der Waals surface area contributed by atoms with Crippen LogP contribution in [0.25, 0.3) is 0 Å². The first-order chi connectivity index (χ1) is 8.20. The third-order valence-corrected chi connectivity index (χ3v) is 2.78. The molecule has 2 aromatic rings.